The van der Waals surface area contributed by atoms with E-state index < -0.39 is 5.82 Å². The molecular weight excluding hydrogens is 268 g/mol. The van der Waals surface area contributed by atoms with Crippen LogP contribution in [0.4, 0.5) is 10.1 Å². The fraction of sp³-hybridized carbons (Fsp3) is 0.400. The highest BCUT2D eigenvalue weighted by Crippen LogP contribution is 2.53. The molecule has 0 bridgehead atoms. The quantitative estimate of drug-likeness (QED) is 0.775. The Kier molecular flexibility index (Phi) is 2.27. The van der Waals surface area contributed by atoms with Gasteiger partial charge in [-0.3, -0.25) is 0 Å². The van der Waals surface area contributed by atoms with Gasteiger partial charge in [0.05, 0.1) is 5.69 Å². The highest BCUT2D eigenvalue weighted by Gasteiger charge is 2.42. The first-order valence-electron chi connectivity index (χ1n) is 4.39. The maximum Gasteiger partial charge on any atom is 0.148 e. The number of hydrogen-bond acceptors (Lipinski definition) is 1. The van der Waals surface area contributed by atoms with Gasteiger partial charge in [0.2, 0.25) is 0 Å². The lowest BCUT2D eigenvalue weighted by molar-refractivity contribution is 0.629. The molecule has 0 heterocycles. The van der Waals surface area contributed by atoms with Crippen molar-refractivity contribution < 1.29 is 4.39 Å². The van der Waals surface area contributed by atoms with E-state index in [0.717, 1.165) is 18.4 Å². The molecule has 76 valence electrons. The fourth-order valence-electron chi connectivity index (χ4n) is 1.60. The monoisotopic (exact) mass is 277 g/mol. The van der Waals surface area contributed by atoms with Crippen LogP contribution in [-0.2, 0) is 5.41 Å². The van der Waals surface area contributed by atoms with Crippen molar-refractivity contribution in [2.45, 2.75) is 25.2 Å². The summed E-state index contributed by atoms with van der Waals surface area (Å²) in [5.41, 5.74) is 6.77. The van der Waals surface area contributed by atoms with Crippen molar-refractivity contribution in [3.05, 3.63) is 26.9 Å². The number of hydrogen-bond donors (Lipinski definition) is 1. The molecule has 1 nitrogen and oxygen atoms in total. The summed E-state index contributed by atoms with van der Waals surface area (Å²) in [6.07, 6.45) is 2.16. The van der Waals surface area contributed by atoms with E-state index in [9.17, 15) is 4.39 Å². The molecule has 2 N–H and O–H groups in total. The van der Waals surface area contributed by atoms with Crippen molar-refractivity contribution in [3.63, 3.8) is 0 Å². The van der Waals surface area contributed by atoms with Crippen LogP contribution < -0.4 is 5.73 Å². The Balaban J connectivity index is 2.65. The van der Waals surface area contributed by atoms with Crippen molar-refractivity contribution in [2.75, 3.05) is 5.73 Å². The molecule has 1 aliphatic rings. The second kappa shape index (κ2) is 3.11. The topological polar surface area (TPSA) is 26.0 Å². The molecule has 0 aromatic heterocycles. The van der Waals surface area contributed by atoms with E-state index in [1.54, 1.807) is 0 Å². The van der Waals surface area contributed by atoms with Crippen molar-refractivity contribution in [3.8, 4) is 0 Å². The third kappa shape index (κ3) is 1.43. The van der Waals surface area contributed by atoms with Crippen molar-refractivity contribution in [1.29, 1.82) is 0 Å². The van der Waals surface area contributed by atoms with Crippen LogP contribution >= 0.6 is 27.5 Å². The average Bonchev–Trinajstić information content (AvgIpc) is 2.80. The van der Waals surface area contributed by atoms with Crippen molar-refractivity contribution in [1.82, 2.24) is 0 Å². The molecule has 14 heavy (non-hydrogen) atoms. The summed E-state index contributed by atoms with van der Waals surface area (Å²) in [7, 11) is 0. The molecule has 0 spiro atoms. The molecule has 0 amide bonds. The van der Waals surface area contributed by atoms with Gasteiger partial charge in [-0.1, -0.05) is 18.5 Å². The molecule has 1 aromatic rings. The van der Waals surface area contributed by atoms with Gasteiger partial charge in [0, 0.05) is 9.50 Å². The van der Waals surface area contributed by atoms with E-state index in [2.05, 4.69) is 22.9 Å². The van der Waals surface area contributed by atoms with Gasteiger partial charge in [-0.25, -0.2) is 4.39 Å². The van der Waals surface area contributed by atoms with Gasteiger partial charge in [0.25, 0.3) is 0 Å². The van der Waals surface area contributed by atoms with E-state index in [-0.39, 0.29) is 11.1 Å². The molecule has 2 rings (SSSR count). The average molecular weight is 279 g/mol. The minimum absolute atomic E-state index is 0.0811. The molecule has 0 atom stereocenters. The summed E-state index contributed by atoms with van der Waals surface area (Å²) in [6.45, 7) is 2.11. The molecule has 1 saturated carbocycles. The molecule has 0 aliphatic heterocycles. The van der Waals surface area contributed by atoms with E-state index in [4.69, 9.17) is 17.3 Å². The van der Waals surface area contributed by atoms with Crippen LogP contribution in [0.1, 0.15) is 25.3 Å². The van der Waals surface area contributed by atoms with Gasteiger partial charge in [0.15, 0.2) is 0 Å². The van der Waals surface area contributed by atoms with Gasteiger partial charge < -0.3 is 5.73 Å². The lowest BCUT2D eigenvalue weighted by Crippen LogP contribution is -2.06. The summed E-state index contributed by atoms with van der Waals surface area (Å²) in [4.78, 5) is 0. The Bertz CT molecular complexity index is 402. The number of benzene rings is 1. The lowest BCUT2D eigenvalue weighted by Gasteiger charge is -2.15. The molecule has 1 fully saturated rings. The largest absolute Gasteiger partial charge is 0.395 e. The summed E-state index contributed by atoms with van der Waals surface area (Å²) in [5.74, 6) is -0.463. The van der Waals surface area contributed by atoms with Crippen LogP contribution in [0.5, 0.6) is 0 Å². The van der Waals surface area contributed by atoms with Gasteiger partial charge in [-0.05, 0) is 45.8 Å². The zero-order valence-electron chi connectivity index (χ0n) is 7.70. The van der Waals surface area contributed by atoms with Crippen LogP contribution in [0, 0.1) is 5.82 Å². The Morgan fingerprint density at radius 1 is 1.57 bits per heavy atom. The second-order valence-corrected chi connectivity index (χ2v) is 5.20. The molecular formula is C10H10BrClFN. The Hall–Kier alpha value is -0.280. The molecule has 0 saturated heterocycles. The first-order chi connectivity index (χ1) is 6.46. The van der Waals surface area contributed by atoms with E-state index in [1.165, 1.54) is 6.07 Å². The first kappa shape index (κ1) is 10.2. The van der Waals surface area contributed by atoms with Gasteiger partial charge >= 0.3 is 0 Å². The summed E-state index contributed by atoms with van der Waals surface area (Å²) >= 11 is 9.31. The lowest BCUT2D eigenvalue weighted by atomic mass is 9.97. The minimum atomic E-state index is -0.463. The Morgan fingerprint density at radius 2 is 2.14 bits per heavy atom. The van der Waals surface area contributed by atoms with Crippen LogP contribution in [0.15, 0.2) is 10.5 Å². The normalized spacial score (nSPS) is 18.3. The highest BCUT2D eigenvalue weighted by molar-refractivity contribution is 9.10. The first-order valence-corrected chi connectivity index (χ1v) is 5.56. The second-order valence-electron chi connectivity index (χ2n) is 4.00. The van der Waals surface area contributed by atoms with E-state index >= 15 is 0 Å². The zero-order chi connectivity index (χ0) is 10.5. The van der Waals surface area contributed by atoms with Crippen LogP contribution in [0.3, 0.4) is 0 Å². The van der Waals surface area contributed by atoms with Crippen LogP contribution in [-0.4, -0.2) is 0 Å². The molecule has 4 heteroatoms. The Labute approximate surface area is 95.6 Å². The molecule has 0 unspecified atom stereocenters. The number of nitrogens with two attached hydrogens (primary N) is 1. The number of anilines is 1. The minimum Gasteiger partial charge on any atom is -0.395 e. The number of rotatable bonds is 1. The molecule has 1 aromatic carbocycles. The zero-order valence-corrected chi connectivity index (χ0v) is 10.0. The van der Waals surface area contributed by atoms with Gasteiger partial charge in [-0.2, -0.15) is 0 Å². The van der Waals surface area contributed by atoms with Crippen molar-refractivity contribution in [2.24, 2.45) is 0 Å². The van der Waals surface area contributed by atoms with E-state index in [1.807, 2.05) is 0 Å². The van der Waals surface area contributed by atoms with Crippen molar-refractivity contribution >= 4 is 33.2 Å². The molecule has 0 radical (unpaired) electrons. The Morgan fingerprint density at radius 3 is 2.64 bits per heavy atom. The van der Waals surface area contributed by atoms with E-state index in [0.29, 0.717) is 9.50 Å². The number of nitrogen functional groups attached to an aromatic ring is 1. The SMILES string of the molecule is CC1(c2c(Cl)cc(F)c(N)c2Br)CC1. The standard InChI is InChI=1S/C10H10BrClFN/c1-10(2-3-10)7-5(12)4-6(13)9(14)8(7)11/h4H,2-3,14H2,1H3. The third-order valence-electron chi connectivity index (χ3n) is 2.81. The van der Waals surface area contributed by atoms with Gasteiger partial charge in [0.1, 0.15) is 5.82 Å². The number of halogens is 3. The van der Waals surface area contributed by atoms with Gasteiger partial charge in [-0.15, -0.1) is 0 Å². The van der Waals surface area contributed by atoms with Crippen LogP contribution in [0.25, 0.3) is 0 Å². The van der Waals surface area contributed by atoms with Crippen LogP contribution in [0.2, 0.25) is 5.02 Å². The maximum absolute atomic E-state index is 13.2. The third-order valence-corrected chi connectivity index (χ3v) is 3.93. The summed E-state index contributed by atoms with van der Waals surface area (Å²) < 4.78 is 13.8. The maximum atomic E-state index is 13.2. The molecule has 1 aliphatic carbocycles. The summed E-state index contributed by atoms with van der Waals surface area (Å²) in [6, 6.07) is 1.29. The fourth-order valence-corrected chi connectivity index (χ4v) is 3.01. The predicted octanol–water partition coefficient (Wildman–Crippen LogP) is 3.88. The smallest absolute Gasteiger partial charge is 0.148 e. The predicted molar refractivity (Wildman–Crippen MR) is 60.1 cm³/mol. The highest BCUT2D eigenvalue weighted by atomic mass is 79.9. The summed E-state index contributed by atoms with van der Waals surface area (Å²) in [5, 5.41) is 0.462.